The molecule has 1 fully saturated rings. The summed E-state index contributed by atoms with van der Waals surface area (Å²) in [6, 6.07) is 9.39. The topological polar surface area (TPSA) is 70.6 Å². The number of likely N-dealkylation sites (N-methyl/N-ethyl adjacent to an activating group) is 1. The normalized spacial score (nSPS) is 14.4. The van der Waals surface area contributed by atoms with Gasteiger partial charge in [-0.1, -0.05) is 6.07 Å². The third-order valence-corrected chi connectivity index (χ3v) is 3.50. The van der Waals surface area contributed by atoms with Gasteiger partial charge in [0, 0.05) is 37.6 Å². The summed E-state index contributed by atoms with van der Waals surface area (Å²) in [5.41, 5.74) is 1.71. The van der Waals surface area contributed by atoms with E-state index in [-0.39, 0.29) is 6.03 Å². The lowest BCUT2D eigenvalue weighted by Crippen LogP contribution is -2.29. The SMILES string of the molecule is COc1cc(Nc2cccc(N3CCN(C)C3=O)c2)ncn1. The number of carbonyl (C=O) groups excluding carboxylic acids is 1. The fourth-order valence-corrected chi connectivity index (χ4v) is 2.31. The van der Waals surface area contributed by atoms with E-state index in [0.717, 1.165) is 17.9 Å². The molecule has 1 N–H and O–H groups in total. The molecule has 22 heavy (non-hydrogen) atoms. The molecule has 0 aliphatic carbocycles. The molecule has 2 heterocycles. The zero-order valence-electron chi connectivity index (χ0n) is 12.5. The average Bonchev–Trinajstić information content (AvgIpc) is 2.87. The Kier molecular flexibility index (Phi) is 3.78. The Morgan fingerprint density at radius 1 is 1.23 bits per heavy atom. The first-order valence-electron chi connectivity index (χ1n) is 6.93. The molecular formula is C15H17N5O2. The Morgan fingerprint density at radius 2 is 2.09 bits per heavy atom. The molecule has 1 aromatic carbocycles. The molecule has 1 aromatic heterocycles. The number of nitrogens with zero attached hydrogens (tertiary/aromatic N) is 4. The molecule has 1 aliphatic heterocycles. The number of rotatable bonds is 4. The number of hydrogen-bond acceptors (Lipinski definition) is 5. The zero-order chi connectivity index (χ0) is 15.5. The van der Waals surface area contributed by atoms with Crippen LogP contribution in [-0.2, 0) is 0 Å². The third-order valence-electron chi connectivity index (χ3n) is 3.50. The van der Waals surface area contributed by atoms with Gasteiger partial charge in [0.2, 0.25) is 5.88 Å². The van der Waals surface area contributed by atoms with Crippen LogP contribution in [-0.4, -0.2) is 48.1 Å². The Labute approximate surface area is 128 Å². The highest BCUT2D eigenvalue weighted by Gasteiger charge is 2.26. The van der Waals surface area contributed by atoms with Crippen molar-refractivity contribution >= 4 is 23.2 Å². The Morgan fingerprint density at radius 3 is 2.82 bits per heavy atom. The van der Waals surface area contributed by atoms with Crippen molar-refractivity contribution in [3.8, 4) is 5.88 Å². The van der Waals surface area contributed by atoms with Crippen molar-refractivity contribution in [2.24, 2.45) is 0 Å². The van der Waals surface area contributed by atoms with Crippen molar-refractivity contribution in [2.75, 3.05) is 37.5 Å². The smallest absolute Gasteiger partial charge is 0.324 e. The molecule has 7 nitrogen and oxygen atoms in total. The Bertz CT molecular complexity index is 691. The van der Waals surface area contributed by atoms with Crippen LogP contribution < -0.4 is 15.0 Å². The van der Waals surface area contributed by atoms with Crippen LogP contribution in [0.1, 0.15) is 0 Å². The van der Waals surface area contributed by atoms with Crippen LogP contribution >= 0.6 is 0 Å². The van der Waals surface area contributed by atoms with Gasteiger partial charge in [0.05, 0.1) is 7.11 Å². The second-order valence-electron chi connectivity index (χ2n) is 4.98. The summed E-state index contributed by atoms with van der Waals surface area (Å²) < 4.78 is 5.07. The third kappa shape index (κ3) is 2.78. The van der Waals surface area contributed by atoms with Gasteiger partial charge in [0.25, 0.3) is 0 Å². The largest absolute Gasteiger partial charge is 0.481 e. The van der Waals surface area contributed by atoms with Gasteiger partial charge >= 0.3 is 6.03 Å². The minimum atomic E-state index is 0.0147. The maximum atomic E-state index is 12.1. The van der Waals surface area contributed by atoms with Crippen molar-refractivity contribution in [3.63, 3.8) is 0 Å². The monoisotopic (exact) mass is 299 g/mol. The van der Waals surface area contributed by atoms with Crippen LogP contribution in [0.2, 0.25) is 0 Å². The van der Waals surface area contributed by atoms with Gasteiger partial charge in [-0.3, -0.25) is 4.90 Å². The van der Waals surface area contributed by atoms with E-state index in [4.69, 9.17) is 4.74 Å². The number of carbonyl (C=O) groups is 1. The summed E-state index contributed by atoms with van der Waals surface area (Å²) in [5, 5.41) is 3.19. The number of aromatic nitrogens is 2. The highest BCUT2D eigenvalue weighted by Crippen LogP contribution is 2.25. The number of hydrogen-bond donors (Lipinski definition) is 1. The summed E-state index contributed by atoms with van der Waals surface area (Å²) in [6.07, 6.45) is 1.43. The van der Waals surface area contributed by atoms with E-state index in [2.05, 4.69) is 15.3 Å². The van der Waals surface area contributed by atoms with E-state index < -0.39 is 0 Å². The quantitative estimate of drug-likeness (QED) is 0.936. The van der Waals surface area contributed by atoms with Crippen molar-refractivity contribution in [2.45, 2.75) is 0 Å². The lowest BCUT2D eigenvalue weighted by molar-refractivity contribution is 0.229. The first-order chi connectivity index (χ1) is 10.7. The molecule has 3 rings (SSSR count). The molecule has 1 aliphatic rings. The summed E-state index contributed by atoms with van der Waals surface area (Å²) in [6.45, 7) is 1.43. The number of nitrogens with one attached hydrogen (secondary N) is 1. The van der Waals surface area contributed by atoms with Crippen LogP contribution in [0.4, 0.5) is 22.0 Å². The van der Waals surface area contributed by atoms with Gasteiger partial charge in [-0.05, 0) is 18.2 Å². The van der Waals surface area contributed by atoms with Crippen molar-refractivity contribution in [1.29, 1.82) is 0 Å². The maximum Gasteiger partial charge on any atom is 0.324 e. The number of ether oxygens (including phenoxy) is 1. The zero-order valence-corrected chi connectivity index (χ0v) is 12.5. The molecule has 0 saturated carbocycles. The molecule has 0 bridgehead atoms. The molecule has 114 valence electrons. The average molecular weight is 299 g/mol. The van der Waals surface area contributed by atoms with Gasteiger partial charge in [-0.25, -0.2) is 14.8 Å². The predicted molar refractivity (Wildman–Crippen MR) is 83.7 cm³/mol. The number of amides is 2. The van der Waals surface area contributed by atoms with E-state index in [0.29, 0.717) is 18.2 Å². The van der Waals surface area contributed by atoms with Crippen molar-refractivity contribution < 1.29 is 9.53 Å². The highest BCUT2D eigenvalue weighted by molar-refractivity contribution is 5.94. The van der Waals surface area contributed by atoms with Crippen LogP contribution in [0.15, 0.2) is 36.7 Å². The summed E-state index contributed by atoms with van der Waals surface area (Å²) in [5.74, 6) is 1.12. The summed E-state index contributed by atoms with van der Waals surface area (Å²) in [7, 11) is 3.36. The van der Waals surface area contributed by atoms with Crippen LogP contribution in [0, 0.1) is 0 Å². The van der Waals surface area contributed by atoms with Gasteiger partial charge in [0.15, 0.2) is 0 Å². The summed E-state index contributed by atoms with van der Waals surface area (Å²) >= 11 is 0. The van der Waals surface area contributed by atoms with Gasteiger partial charge in [-0.2, -0.15) is 0 Å². The number of methoxy groups -OCH3 is 1. The molecule has 2 amide bonds. The first kappa shape index (κ1) is 14.1. The lowest BCUT2D eigenvalue weighted by Gasteiger charge is -2.17. The molecule has 7 heteroatoms. The van der Waals surface area contributed by atoms with Crippen LogP contribution in [0.25, 0.3) is 0 Å². The minimum absolute atomic E-state index is 0.0147. The van der Waals surface area contributed by atoms with Crippen molar-refractivity contribution in [1.82, 2.24) is 14.9 Å². The second-order valence-corrected chi connectivity index (χ2v) is 4.98. The minimum Gasteiger partial charge on any atom is -0.481 e. The predicted octanol–water partition coefficient (Wildman–Crippen LogP) is 2.10. The van der Waals surface area contributed by atoms with Gasteiger partial charge < -0.3 is 15.0 Å². The standard InChI is InChI=1S/C15H17N5O2/c1-19-6-7-20(15(19)21)12-5-3-4-11(8-12)18-13-9-14(22-2)17-10-16-13/h3-5,8-10H,6-7H2,1-2H3,(H,16,17,18). The molecule has 0 radical (unpaired) electrons. The molecule has 2 aromatic rings. The van der Waals surface area contributed by atoms with E-state index >= 15 is 0 Å². The van der Waals surface area contributed by atoms with E-state index in [9.17, 15) is 4.79 Å². The van der Waals surface area contributed by atoms with E-state index in [1.165, 1.54) is 6.33 Å². The summed E-state index contributed by atoms with van der Waals surface area (Å²) in [4.78, 5) is 23.6. The number of anilines is 3. The van der Waals surface area contributed by atoms with E-state index in [1.54, 1.807) is 30.0 Å². The second kappa shape index (κ2) is 5.88. The van der Waals surface area contributed by atoms with Crippen LogP contribution in [0.3, 0.4) is 0 Å². The number of urea groups is 1. The van der Waals surface area contributed by atoms with E-state index in [1.807, 2.05) is 24.3 Å². The van der Waals surface area contributed by atoms with Gasteiger partial charge in [-0.15, -0.1) is 0 Å². The van der Waals surface area contributed by atoms with Gasteiger partial charge in [0.1, 0.15) is 12.1 Å². The molecule has 0 unspecified atom stereocenters. The Hall–Kier alpha value is -2.83. The fourth-order valence-electron chi connectivity index (χ4n) is 2.31. The number of benzene rings is 1. The molecule has 0 spiro atoms. The van der Waals surface area contributed by atoms with Crippen LogP contribution in [0.5, 0.6) is 5.88 Å². The lowest BCUT2D eigenvalue weighted by atomic mass is 10.2. The maximum absolute atomic E-state index is 12.1. The Balaban J connectivity index is 1.80. The van der Waals surface area contributed by atoms with Crippen molar-refractivity contribution in [3.05, 3.63) is 36.7 Å². The molecule has 0 atom stereocenters. The fraction of sp³-hybridized carbons (Fsp3) is 0.267. The first-order valence-corrected chi connectivity index (χ1v) is 6.93. The highest BCUT2D eigenvalue weighted by atomic mass is 16.5. The molecule has 1 saturated heterocycles. The molecular weight excluding hydrogens is 282 g/mol.